The summed E-state index contributed by atoms with van der Waals surface area (Å²) in [5.41, 5.74) is 17.3. The molecule has 0 aliphatic carbocycles. The zero-order valence-corrected chi connectivity index (χ0v) is 27.2. The topological polar surface area (TPSA) is 8.17 Å². The minimum Gasteiger partial charge on any atom is -0.312 e. The van der Waals surface area contributed by atoms with Crippen molar-refractivity contribution >= 4 is 71.0 Å². The molecule has 0 unspecified atom stereocenters. The monoisotopic (exact) mass is 602 g/mol. The Morgan fingerprint density at radius 2 is 1.24 bits per heavy atom. The number of rotatable bonds is 2. The fourth-order valence-electron chi connectivity index (χ4n) is 8.24. The van der Waals surface area contributed by atoms with Crippen LogP contribution in [0.25, 0.3) is 39.0 Å². The molecule has 0 N–H and O–H groups in total. The fourth-order valence-corrected chi connectivity index (χ4v) is 9.59. The molecule has 7 aromatic rings. The SMILES string of the molecule is CC(C)(C)c1cc2c3c(c1)-n1c(-c4ccccc4)c(-c4ccccc4)c4cccc(c41)B3c1cccc3c1N2c1ccccc1[Si]3. The van der Waals surface area contributed by atoms with Crippen LogP contribution in [0.2, 0.25) is 0 Å². The number of para-hydroxylation sites is 3. The highest BCUT2D eigenvalue weighted by molar-refractivity contribution is 7.01. The van der Waals surface area contributed by atoms with Crippen LogP contribution >= 0.6 is 0 Å². The number of hydrogen-bond acceptors (Lipinski definition) is 1. The van der Waals surface area contributed by atoms with Crippen molar-refractivity contribution in [2.24, 2.45) is 0 Å². The van der Waals surface area contributed by atoms with Crippen molar-refractivity contribution < 1.29 is 0 Å². The van der Waals surface area contributed by atoms with E-state index in [0.29, 0.717) is 9.52 Å². The van der Waals surface area contributed by atoms with Gasteiger partial charge in [0.1, 0.15) is 9.52 Å². The highest BCUT2D eigenvalue weighted by Crippen LogP contribution is 2.47. The first-order valence-electron chi connectivity index (χ1n) is 16.2. The van der Waals surface area contributed by atoms with Gasteiger partial charge in [-0.3, -0.25) is 0 Å². The van der Waals surface area contributed by atoms with E-state index in [4.69, 9.17) is 0 Å². The van der Waals surface area contributed by atoms with Crippen LogP contribution in [0.5, 0.6) is 0 Å². The van der Waals surface area contributed by atoms with E-state index < -0.39 is 0 Å². The Balaban J connectivity index is 1.43. The summed E-state index contributed by atoms with van der Waals surface area (Å²) in [7, 11) is 0.645. The molecule has 6 aromatic carbocycles. The first-order valence-corrected chi connectivity index (χ1v) is 17.2. The maximum absolute atomic E-state index is 2.62. The van der Waals surface area contributed by atoms with Gasteiger partial charge in [0.25, 0.3) is 6.71 Å². The van der Waals surface area contributed by atoms with Gasteiger partial charge in [-0.15, -0.1) is 0 Å². The van der Waals surface area contributed by atoms with Crippen LogP contribution in [0, 0.1) is 0 Å². The lowest BCUT2D eigenvalue weighted by Crippen LogP contribution is -2.63. The van der Waals surface area contributed by atoms with Crippen molar-refractivity contribution in [2.45, 2.75) is 26.2 Å². The molecular formula is C42H31BN2Si. The summed E-state index contributed by atoms with van der Waals surface area (Å²) >= 11 is 0. The van der Waals surface area contributed by atoms with Crippen molar-refractivity contribution in [1.82, 2.24) is 4.57 Å². The minimum atomic E-state index is -0.0315. The van der Waals surface area contributed by atoms with Gasteiger partial charge < -0.3 is 9.47 Å². The van der Waals surface area contributed by atoms with Gasteiger partial charge in [0, 0.05) is 39.2 Å². The lowest BCUT2D eigenvalue weighted by Gasteiger charge is -2.44. The molecule has 10 rings (SSSR count). The first kappa shape index (κ1) is 26.2. The van der Waals surface area contributed by atoms with Gasteiger partial charge in [0.2, 0.25) is 0 Å². The van der Waals surface area contributed by atoms with Crippen molar-refractivity contribution in [3.05, 3.63) is 139 Å². The van der Waals surface area contributed by atoms with Gasteiger partial charge in [-0.1, -0.05) is 136 Å². The number of hydrogen-bond donors (Lipinski definition) is 0. The van der Waals surface area contributed by atoms with E-state index >= 15 is 0 Å². The molecule has 0 saturated heterocycles. The van der Waals surface area contributed by atoms with Crippen molar-refractivity contribution in [1.29, 1.82) is 0 Å². The van der Waals surface area contributed by atoms with E-state index in [2.05, 4.69) is 164 Å². The zero-order chi connectivity index (χ0) is 30.7. The highest BCUT2D eigenvalue weighted by atomic mass is 28.2. The number of fused-ring (bicyclic) bond motifs is 6. The second kappa shape index (κ2) is 9.25. The molecule has 46 heavy (non-hydrogen) atoms. The maximum atomic E-state index is 2.62. The Bertz CT molecular complexity index is 2380. The average molecular weight is 603 g/mol. The third-order valence-electron chi connectivity index (χ3n) is 10.2. The normalized spacial score (nSPS) is 13.8. The van der Waals surface area contributed by atoms with Crippen LogP contribution in [-0.2, 0) is 5.41 Å². The predicted octanol–water partition coefficient (Wildman–Crippen LogP) is 6.84. The van der Waals surface area contributed by atoms with Crippen LogP contribution in [0.15, 0.2) is 133 Å². The molecule has 0 fully saturated rings. The summed E-state index contributed by atoms with van der Waals surface area (Å²) in [6, 6.07) is 50.1. The lowest BCUT2D eigenvalue weighted by atomic mass is 9.33. The fraction of sp³-hybridized carbons (Fsp3) is 0.0952. The van der Waals surface area contributed by atoms with Gasteiger partial charge in [0.05, 0.1) is 5.69 Å². The third-order valence-corrected chi connectivity index (χ3v) is 11.6. The van der Waals surface area contributed by atoms with Crippen LogP contribution in [0.3, 0.4) is 0 Å². The molecule has 1 aromatic heterocycles. The van der Waals surface area contributed by atoms with Gasteiger partial charge >= 0.3 is 0 Å². The Morgan fingerprint density at radius 1 is 0.587 bits per heavy atom. The van der Waals surface area contributed by atoms with E-state index in [0.717, 1.165) is 0 Å². The largest absolute Gasteiger partial charge is 0.312 e. The number of nitrogens with zero attached hydrogens (tertiary/aromatic N) is 2. The van der Waals surface area contributed by atoms with E-state index in [1.54, 1.807) is 0 Å². The molecule has 4 heteroatoms. The Morgan fingerprint density at radius 3 is 2.02 bits per heavy atom. The summed E-state index contributed by atoms with van der Waals surface area (Å²) in [5, 5.41) is 4.17. The molecule has 4 heterocycles. The smallest absolute Gasteiger partial charge is 0.252 e. The summed E-state index contributed by atoms with van der Waals surface area (Å²) in [4.78, 5) is 2.61. The van der Waals surface area contributed by atoms with Crippen molar-refractivity contribution in [3.8, 4) is 28.1 Å². The summed E-state index contributed by atoms with van der Waals surface area (Å²) in [6.45, 7) is 7.20. The Kier molecular flexibility index (Phi) is 5.26. The predicted molar refractivity (Wildman–Crippen MR) is 197 cm³/mol. The first-order chi connectivity index (χ1) is 22.5. The van der Waals surface area contributed by atoms with Gasteiger partial charge in [-0.25, -0.2) is 0 Å². The van der Waals surface area contributed by atoms with Gasteiger partial charge in [0.15, 0.2) is 0 Å². The quantitative estimate of drug-likeness (QED) is 0.197. The molecule has 2 radical (unpaired) electrons. The highest BCUT2D eigenvalue weighted by Gasteiger charge is 2.45. The molecule has 0 amide bonds. The molecule has 2 nitrogen and oxygen atoms in total. The number of benzene rings is 6. The molecule has 3 aliphatic rings. The van der Waals surface area contributed by atoms with Crippen LogP contribution in [0.1, 0.15) is 26.3 Å². The van der Waals surface area contributed by atoms with Crippen LogP contribution < -0.4 is 31.7 Å². The summed E-state index contributed by atoms with van der Waals surface area (Å²) < 4.78 is 2.62. The van der Waals surface area contributed by atoms with Crippen LogP contribution in [0.4, 0.5) is 17.1 Å². The molecular weight excluding hydrogens is 571 g/mol. The van der Waals surface area contributed by atoms with E-state index in [-0.39, 0.29) is 12.1 Å². The Labute approximate surface area is 272 Å². The number of aromatic nitrogens is 1. The lowest BCUT2D eigenvalue weighted by molar-refractivity contribution is 0.590. The molecule has 0 spiro atoms. The molecule has 3 aliphatic heterocycles. The minimum absolute atomic E-state index is 0.0315. The molecule has 0 bridgehead atoms. The third kappa shape index (κ3) is 3.42. The zero-order valence-electron chi connectivity index (χ0n) is 26.2. The second-order valence-electron chi connectivity index (χ2n) is 13.9. The molecule has 216 valence electrons. The van der Waals surface area contributed by atoms with Crippen LogP contribution in [-0.4, -0.2) is 20.8 Å². The van der Waals surface area contributed by atoms with E-state index in [1.165, 1.54) is 88.4 Å². The van der Waals surface area contributed by atoms with Crippen molar-refractivity contribution in [3.63, 3.8) is 0 Å². The molecule has 0 saturated carbocycles. The Hall–Kier alpha value is -5.06. The van der Waals surface area contributed by atoms with E-state index in [1.807, 2.05) is 0 Å². The summed E-state index contributed by atoms with van der Waals surface area (Å²) in [6.07, 6.45) is 0. The van der Waals surface area contributed by atoms with E-state index in [9.17, 15) is 0 Å². The molecule has 0 atom stereocenters. The van der Waals surface area contributed by atoms with Crippen molar-refractivity contribution in [2.75, 3.05) is 4.90 Å². The summed E-state index contributed by atoms with van der Waals surface area (Å²) in [5.74, 6) is 0. The van der Waals surface area contributed by atoms with Gasteiger partial charge in [-0.2, -0.15) is 0 Å². The standard InChI is InChI=1S/C42H31BN2Si/c1-42(2,3)28-24-33-38-34(25-28)45-39(27-16-8-5-9-17-27)37(26-14-6-4-7-15-26)29-18-12-19-30(40(29)45)43(38)31-20-13-23-36-41(31)44(33)32-21-10-11-22-35(32)46-36/h4-25H,1-3H3. The second-order valence-corrected chi connectivity index (χ2v) is 15.2. The number of anilines is 3. The maximum Gasteiger partial charge on any atom is 0.252 e. The average Bonchev–Trinajstić information content (AvgIpc) is 3.44. The van der Waals surface area contributed by atoms with Gasteiger partial charge in [-0.05, 0) is 67.1 Å².